The van der Waals surface area contributed by atoms with Crippen molar-refractivity contribution in [1.82, 2.24) is 5.32 Å². The molecular weight excluding hydrogens is 398 g/mol. The minimum atomic E-state index is -0.880. The van der Waals surface area contributed by atoms with E-state index in [1.807, 2.05) is 41.8 Å². The predicted octanol–water partition coefficient (Wildman–Crippen LogP) is 4.10. The number of allylic oxidation sites excluding steroid dienone is 2. The van der Waals surface area contributed by atoms with Gasteiger partial charge in [-0.15, -0.1) is 11.3 Å². The van der Waals surface area contributed by atoms with Gasteiger partial charge < -0.3 is 10.1 Å². The van der Waals surface area contributed by atoms with Gasteiger partial charge in [0.05, 0.1) is 6.61 Å². The maximum atomic E-state index is 13.7. The van der Waals surface area contributed by atoms with Gasteiger partial charge in [-0.25, -0.2) is 0 Å². The Morgan fingerprint density at radius 3 is 2.53 bits per heavy atom. The third kappa shape index (κ3) is 3.72. The van der Waals surface area contributed by atoms with Gasteiger partial charge in [-0.05, 0) is 42.3 Å². The number of amides is 1. The number of esters is 1. The first-order valence-corrected chi connectivity index (χ1v) is 11.3. The second-order valence-corrected chi connectivity index (χ2v) is 8.69. The van der Waals surface area contributed by atoms with Crippen molar-refractivity contribution in [3.05, 3.63) is 69.1 Å². The number of thiophene rings is 1. The number of Topliss-reactive ketones (excluding diaryl/α,β-unsaturated/α-hetero) is 1. The summed E-state index contributed by atoms with van der Waals surface area (Å²) in [6.07, 6.45) is 1.57. The minimum absolute atomic E-state index is 0.0920. The molecule has 0 saturated heterocycles. The molecule has 1 aromatic heterocycles. The lowest BCUT2D eigenvalue weighted by Gasteiger charge is -2.37. The quantitative estimate of drug-likeness (QED) is 0.580. The van der Waals surface area contributed by atoms with E-state index in [0.717, 1.165) is 16.9 Å². The van der Waals surface area contributed by atoms with Crippen molar-refractivity contribution in [2.45, 2.75) is 44.9 Å². The van der Waals surface area contributed by atoms with Gasteiger partial charge in [0.25, 0.3) is 0 Å². The van der Waals surface area contributed by atoms with Crippen LogP contribution in [0.2, 0.25) is 0 Å². The van der Waals surface area contributed by atoms with Gasteiger partial charge in [0.2, 0.25) is 5.91 Å². The molecule has 0 spiro atoms. The SMILES string of the molecule is CCOC(=O)[C@@H]1C(=O)C2=C(C[C@@H]1c1cccs1)NC(=O)C[C@@H]2c1ccc(CC)cc1. The average molecular weight is 424 g/mol. The van der Waals surface area contributed by atoms with Crippen molar-refractivity contribution in [1.29, 1.82) is 0 Å². The summed E-state index contributed by atoms with van der Waals surface area (Å²) < 4.78 is 5.29. The highest BCUT2D eigenvalue weighted by molar-refractivity contribution is 7.10. The van der Waals surface area contributed by atoms with Crippen LogP contribution < -0.4 is 5.32 Å². The van der Waals surface area contributed by atoms with Crippen LogP contribution in [0.15, 0.2) is 53.0 Å². The standard InChI is InChI=1S/C24H25NO4S/c1-3-14-7-9-15(10-8-14)16-13-20(26)25-18-12-17(19-6-5-11-30-19)22(23(27)21(16)18)24(28)29-4-2/h5-11,16-17,22H,3-4,12-13H2,1-2H3,(H,25,26)/t16-,17-,22+/m1/s1. The topological polar surface area (TPSA) is 72.5 Å². The molecule has 5 nitrogen and oxygen atoms in total. The molecule has 2 aromatic rings. The molecular formula is C24H25NO4S. The second kappa shape index (κ2) is 8.56. The molecule has 0 unspecified atom stereocenters. The van der Waals surface area contributed by atoms with Crippen LogP contribution in [0.5, 0.6) is 0 Å². The van der Waals surface area contributed by atoms with Crippen molar-refractivity contribution >= 4 is 29.0 Å². The molecule has 1 aliphatic carbocycles. The number of aryl methyl sites for hydroxylation is 1. The van der Waals surface area contributed by atoms with Gasteiger partial charge in [0.1, 0.15) is 5.92 Å². The van der Waals surface area contributed by atoms with E-state index in [1.54, 1.807) is 6.92 Å². The van der Waals surface area contributed by atoms with E-state index in [1.165, 1.54) is 16.9 Å². The Morgan fingerprint density at radius 2 is 1.90 bits per heavy atom. The molecule has 156 valence electrons. The van der Waals surface area contributed by atoms with E-state index in [2.05, 4.69) is 12.2 Å². The Balaban J connectivity index is 1.78. The molecule has 0 bridgehead atoms. The number of hydrogen-bond acceptors (Lipinski definition) is 5. The Hall–Kier alpha value is -2.73. The van der Waals surface area contributed by atoms with Crippen LogP contribution in [0, 0.1) is 5.92 Å². The fourth-order valence-electron chi connectivity index (χ4n) is 4.49. The fourth-order valence-corrected chi connectivity index (χ4v) is 5.36. The molecule has 1 aliphatic heterocycles. The molecule has 1 N–H and O–H groups in total. The molecule has 1 aromatic carbocycles. The summed E-state index contributed by atoms with van der Waals surface area (Å²) >= 11 is 1.52. The highest BCUT2D eigenvalue weighted by atomic mass is 32.1. The smallest absolute Gasteiger partial charge is 0.317 e. The first-order chi connectivity index (χ1) is 14.5. The van der Waals surface area contributed by atoms with Crippen LogP contribution in [-0.4, -0.2) is 24.3 Å². The van der Waals surface area contributed by atoms with Crippen molar-refractivity contribution in [2.24, 2.45) is 5.92 Å². The summed E-state index contributed by atoms with van der Waals surface area (Å²) in [6.45, 7) is 4.06. The van der Waals surface area contributed by atoms with Gasteiger partial charge in [-0.2, -0.15) is 0 Å². The zero-order valence-corrected chi connectivity index (χ0v) is 18.0. The zero-order valence-electron chi connectivity index (χ0n) is 17.1. The molecule has 1 amide bonds. The van der Waals surface area contributed by atoms with Gasteiger partial charge in [0, 0.05) is 34.4 Å². The third-order valence-electron chi connectivity index (χ3n) is 5.97. The third-order valence-corrected chi connectivity index (χ3v) is 6.97. The van der Waals surface area contributed by atoms with Gasteiger partial charge >= 0.3 is 5.97 Å². The lowest BCUT2D eigenvalue weighted by molar-refractivity contribution is -0.152. The van der Waals surface area contributed by atoms with Gasteiger partial charge in [-0.3, -0.25) is 14.4 Å². The first kappa shape index (κ1) is 20.5. The summed E-state index contributed by atoms with van der Waals surface area (Å²) in [5.41, 5.74) is 3.34. The molecule has 0 saturated carbocycles. The lowest BCUT2D eigenvalue weighted by Crippen LogP contribution is -2.44. The van der Waals surface area contributed by atoms with Crippen molar-refractivity contribution in [2.75, 3.05) is 6.61 Å². The summed E-state index contributed by atoms with van der Waals surface area (Å²) in [5, 5.41) is 4.86. The van der Waals surface area contributed by atoms with E-state index < -0.39 is 11.9 Å². The number of ketones is 1. The van der Waals surface area contributed by atoms with Crippen LogP contribution in [-0.2, 0) is 25.5 Å². The number of benzene rings is 1. The number of rotatable bonds is 5. The maximum Gasteiger partial charge on any atom is 0.317 e. The summed E-state index contributed by atoms with van der Waals surface area (Å²) in [7, 11) is 0. The fraction of sp³-hybridized carbons (Fsp3) is 0.375. The van der Waals surface area contributed by atoms with Gasteiger partial charge in [0.15, 0.2) is 5.78 Å². The van der Waals surface area contributed by atoms with Gasteiger partial charge in [-0.1, -0.05) is 37.3 Å². The summed E-state index contributed by atoms with van der Waals surface area (Å²) in [6, 6.07) is 11.9. The Kier molecular flexibility index (Phi) is 5.86. The van der Waals surface area contributed by atoms with Crippen LogP contribution >= 0.6 is 11.3 Å². The number of hydrogen-bond donors (Lipinski definition) is 1. The Labute approximate surface area is 180 Å². The summed E-state index contributed by atoms with van der Waals surface area (Å²) in [4.78, 5) is 40.0. The average Bonchev–Trinajstić information content (AvgIpc) is 3.27. The number of carbonyl (C=O) groups excluding carboxylic acids is 3. The second-order valence-electron chi connectivity index (χ2n) is 7.71. The highest BCUT2D eigenvalue weighted by Gasteiger charge is 2.47. The Morgan fingerprint density at radius 1 is 1.13 bits per heavy atom. The predicted molar refractivity (Wildman–Crippen MR) is 115 cm³/mol. The van der Waals surface area contributed by atoms with Crippen LogP contribution in [0.1, 0.15) is 54.5 Å². The monoisotopic (exact) mass is 423 g/mol. The molecule has 0 fully saturated rings. The maximum absolute atomic E-state index is 13.7. The van der Waals surface area contributed by atoms with Crippen molar-refractivity contribution in [3.63, 3.8) is 0 Å². The summed E-state index contributed by atoms with van der Waals surface area (Å²) in [5.74, 6) is -2.34. The molecule has 3 atom stereocenters. The van der Waals surface area contributed by atoms with E-state index in [-0.39, 0.29) is 36.6 Å². The largest absolute Gasteiger partial charge is 0.465 e. The lowest BCUT2D eigenvalue weighted by atomic mass is 9.69. The molecule has 2 aliphatic rings. The number of carbonyl (C=O) groups is 3. The highest BCUT2D eigenvalue weighted by Crippen LogP contribution is 2.46. The van der Waals surface area contributed by atoms with E-state index in [4.69, 9.17) is 4.74 Å². The zero-order chi connectivity index (χ0) is 21.3. The van der Waals surface area contributed by atoms with Crippen molar-refractivity contribution in [3.8, 4) is 0 Å². The molecule has 2 heterocycles. The normalized spacial score (nSPS) is 23.7. The van der Waals surface area contributed by atoms with Crippen LogP contribution in [0.25, 0.3) is 0 Å². The van der Waals surface area contributed by atoms with Crippen LogP contribution in [0.3, 0.4) is 0 Å². The van der Waals surface area contributed by atoms with Crippen molar-refractivity contribution < 1.29 is 19.1 Å². The van der Waals surface area contributed by atoms with E-state index in [0.29, 0.717) is 17.7 Å². The van der Waals surface area contributed by atoms with E-state index in [9.17, 15) is 14.4 Å². The first-order valence-electron chi connectivity index (χ1n) is 10.4. The molecule has 30 heavy (non-hydrogen) atoms. The van der Waals surface area contributed by atoms with E-state index >= 15 is 0 Å². The number of nitrogens with one attached hydrogen (secondary N) is 1. The molecule has 4 rings (SSSR count). The molecule has 6 heteroatoms. The number of ether oxygens (including phenoxy) is 1. The Bertz CT molecular complexity index is 991. The minimum Gasteiger partial charge on any atom is -0.465 e. The van der Waals surface area contributed by atoms with Crippen LogP contribution in [0.4, 0.5) is 0 Å². The molecule has 0 radical (unpaired) electrons.